The maximum absolute atomic E-state index is 12.9. The summed E-state index contributed by atoms with van der Waals surface area (Å²) in [5, 5.41) is 9.71. The number of carboxylic acid groups (broad SMARTS) is 1. The van der Waals surface area contributed by atoms with Gasteiger partial charge in [0.05, 0.1) is 34.4 Å². The van der Waals surface area contributed by atoms with Crippen molar-refractivity contribution in [3.63, 3.8) is 0 Å². The van der Waals surface area contributed by atoms with Crippen molar-refractivity contribution < 1.29 is 42.9 Å². The lowest BCUT2D eigenvalue weighted by atomic mass is 10.1. The van der Waals surface area contributed by atoms with E-state index < -0.39 is 24.3 Å². The first-order valence-electron chi connectivity index (χ1n) is 29.4. The molecule has 0 saturated carbocycles. The van der Waals surface area contributed by atoms with Crippen molar-refractivity contribution >= 4 is 17.9 Å². The molecule has 9 nitrogen and oxygen atoms in total. The number of rotatable bonds is 53. The number of esters is 2. The van der Waals surface area contributed by atoms with E-state index in [0.29, 0.717) is 23.9 Å². The second-order valence-electron chi connectivity index (χ2n) is 20.6. The maximum atomic E-state index is 12.9. The summed E-state index contributed by atoms with van der Waals surface area (Å²) < 4.78 is 22.9. The minimum atomic E-state index is -1.52. The molecule has 0 aromatic carbocycles. The number of likely N-dealkylation sites (N-methyl/N-ethyl adjacent to an activating group) is 1. The molecule has 73 heavy (non-hydrogen) atoms. The summed E-state index contributed by atoms with van der Waals surface area (Å²) in [7, 11) is 5.95. The summed E-state index contributed by atoms with van der Waals surface area (Å²) in [4.78, 5) is 37.4. The molecule has 0 aliphatic carbocycles. The molecule has 0 aliphatic rings. The first kappa shape index (κ1) is 69.2. The average molecular weight is 1020 g/mol. The van der Waals surface area contributed by atoms with E-state index in [1.165, 1.54) is 103 Å². The highest BCUT2D eigenvalue weighted by Crippen LogP contribution is 2.15. The number of nitrogens with zero attached hydrogens (tertiary/aromatic N) is 1. The number of quaternary nitrogens is 1. The van der Waals surface area contributed by atoms with Gasteiger partial charge < -0.3 is 28.5 Å². The van der Waals surface area contributed by atoms with Gasteiger partial charge in [-0.3, -0.25) is 9.59 Å². The molecule has 9 heteroatoms. The Bertz CT molecular complexity index is 1520. The lowest BCUT2D eigenvalue weighted by Gasteiger charge is -2.25. The van der Waals surface area contributed by atoms with Crippen LogP contribution in [0.5, 0.6) is 0 Å². The van der Waals surface area contributed by atoms with Crippen molar-refractivity contribution in [2.24, 2.45) is 0 Å². The van der Waals surface area contributed by atoms with Crippen molar-refractivity contribution in [1.29, 1.82) is 0 Å². The number of aliphatic carboxylic acids is 1. The summed E-state index contributed by atoms with van der Waals surface area (Å²) in [6.07, 6.45) is 70.5. The van der Waals surface area contributed by atoms with Crippen LogP contribution in [0.15, 0.2) is 97.2 Å². The Morgan fingerprint density at radius 2 is 0.781 bits per heavy atom. The molecular weight excluding hydrogens is 911 g/mol. The Balaban J connectivity index is 4.33. The number of hydrogen-bond acceptors (Lipinski definition) is 7. The largest absolute Gasteiger partial charge is 0.477 e. The molecule has 0 bridgehead atoms. The van der Waals surface area contributed by atoms with Gasteiger partial charge in [0.25, 0.3) is 6.29 Å². The van der Waals surface area contributed by atoms with Crippen LogP contribution in [0.2, 0.25) is 0 Å². The zero-order valence-electron chi connectivity index (χ0n) is 47.5. The Labute approximate surface area is 448 Å². The number of ether oxygens (including phenoxy) is 4. The smallest absolute Gasteiger partial charge is 0.361 e. The van der Waals surface area contributed by atoms with Gasteiger partial charge >= 0.3 is 17.9 Å². The van der Waals surface area contributed by atoms with Gasteiger partial charge in [-0.1, -0.05) is 220 Å². The molecule has 0 aromatic heterocycles. The number of carbonyl (C=O) groups excluding carboxylic acids is 2. The third kappa shape index (κ3) is 55.8. The van der Waals surface area contributed by atoms with Crippen LogP contribution in [0.4, 0.5) is 0 Å². The molecule has 2 atom stereocenters. The lowest BCUT2D eigenvalue weighted by molar-refractivity contribution is -0.870. The molecule has 0 heterocycles. The summed E-state index contributed by atoms with van der Waals surface area (Å²) in [5.41, 5.74) is 0. The van der Waals surface area contributed by atoms with Crippen molar-refractivity contribution in [2.75, 3.05) is 47.5 Å². The van der Waals surface area contributed by atoms with Gasteiger partial charge in [0, 0.05) is 12.8 Å². The van der Waals surface area contributed by atoms with Gasteiger partial charge in [0.15, 0.2) is 6.10 Å². The van der Waals surface area contributed by atoms with E-state index >= 15 is 0 Å². The molecule has 0 aliphatic heterocycles. The van der Waals surface area contributed by atoms with E-state index in [0.717, 1.165) is 96.3 Å². The SMILES string of the molecule is CC/C=C\C/C=C\C/C=C\C/C=C\C/C=C\C/C=C\C/C=C\CCCCCCCC(=O)OC(COC(=O)CCCCCCCCCCC/C=C\CCCCCCCCCC)COC(OCC[N+](C)(C)C)C(=O)O. The molecule has 2 unspecified atom stereocenters. The van der Waals surface area contributed by atoms with E-state index in [9.17, 15) is 19.5 Å². The van der Waals surface area contributed by atoms with E-state index in [4.69, 9.17) is 18.9 Å². The molecule has 0 rings (SSSR count). The second kappa shape index (κ2) is 54.5. The highest BCUT2D eigenvalue weighted by Gasteiger charge is 2.25. The first-order chi connectivity index (χ1) is 35.6. The van der Waals surface area contributed by atoms with Gasteiger partial charge in [-0.2, -0.15) is 0 Å². The quantitative estimate of drug-likeness (QED) is 0.0211. The van der Waals surface area contributed by atoms with Crippen LogP contribution >= 0.6 is 0 Å². The van der Waals surface area contributed by atoms with E-state index in [-0.39, 0.29) is 32.2 Å². The monoisotopic (exact) mass is 1020 g/mol. The number of unbranched alkanes of at least 4 members (excludes halogenated alkanes) is 22. The summed E-state index contributed by atoms with van der Waals surface area (Å²) in [6.45, 7) is 4.74. The van der Waals surface area contributed by atoms with E-state index in [2.05, 4.69) is 111 Å². The zero-order valence-corrected chi connectivity index (χ0v) is 47.5. The van der Waals surface area contributed by atoms with Crippen molar-refractivity contribution in [3.05, 3.63) is 97.2 Å². The molecule has 0 saturated heterocycles. The van der Waals surface area contributed by atoms with Gasteiger partial charge in [0.2, 0.25) is 0 Å². The highest BCUT2D eigenvalue weighted by molar-refractivity contribution is 5.71. The zero-order chi connectivity index (χ0) is 53.4. The van der Waals surface area contributed by atoms with Gasteiger partial charge in [-0.25, -0.2) is 4.79 Å². The summed E-state index contributed by atoms with van der Waals surface area (Å²) >= 11 is 0. The Morgan fingerprint density at radius 3 is 1.18 bits per heavy atom. The van der Waals surface area contributed by atoms with Crippen molar-refractivity contribution in [3.8, 4) is 0 Å². The molecule has 1 N–H and O–H groups in total. The van der Waals surface area contributed by atoms with Crippen LogP contribution < -0.4 is 0 Å². The third-order valence-electron chi connectivity index (χ3n) is 12.3. The topological polar surface area (TPSA) is 108 Å². The highest BCUT2D eigenvalue weighted by atomic mass is 16.7. The fraction of sp³-hybridized carbons (Fsp3) is 0.703. The molecule has 0 radical (unpaired) electrons. The number of carboxylic acids is 1. The molecule has 0 aromatic rings. The fourth-order valence-electron chi connectivity index (χ4n) is 7.81. The Hall–Kier alpha value is -3.79. The number of carbonyl (C=O) groups is 3. The van der Waals surface area contributed by atoms with Crippen molar-refractivity contribution in [2.45, 2.75) is 245 Å². The summed E-state index contributed by atoms with van der Waals surface area (Å²) in [6, 6.07) is 0. The normalized spacial score (nSPS) is 13.5. The van der Waals surface area contributed by atoms with Crippen LogP contribution in [-0.4, -0.2) is 87.4 Å². The van der Waals surface area contributed by atoms with E-state index in [1.807, 2.05) is 21.1 Å². The molecular formula is C64H110NO8+. The fourth-order valence-corrected chi connectivity index (χ4v) is 7.81. The van der Waals surface area contributed by atoms with Crippen molar-refractivity contribution in [1.82, 2.24) is 0 Å². The number of allylic oxidation sites excluding steroid dienone is 16. The molecule has 418 valence electrons. The second-order valence-corrected chi connectivity index (χ2v) is 20.6. The van der Waals surface area contributed by atoms with E-state index in [1.54, 1.807) is 0 Å². The minimum absolute atomic E-state index is 0.178. The third-order valence-corrected chi connectivity index (χ3v) is 12.3. The molecule has 0 spiro atoms. The van der Waals surface area contributed by atoms with Gasteiger partial charge in [0.1, 0.15) is 13.2 Å². The van der Waals surface area contributed by atoms with Crippen LogP contribution in [0.25, 0.3) is 0 Å². The van der Waals surface area contributed by atoms with Crippen LogP contribution in [0.3, 0.4) is 0 Å². The van der Waals surface area contributed by atoms with Crippen LogP contribution in [0.1, 0.15) is 232 Å². The first-order valence-corrected chi connectivity index (χ1v) is 29.4. The predicted octanol–water partition coefficient (Wildman–Crippen LogP) is 17.3. The summed E-state index contributed by atoms with van der Waals surface area (Å²) in [5.74, 6) is -2.04. The predicted molar refractivity (Wildman–Crippen MR) is 309 cm³/mol. The lowest BCUT2D eigenvalue weighted by Crippen LogP contribution is -2.40. The molecule has 0 fully saturated rings. The molecule has 0 amide bonds. The Kier molecular flexibility index (Phi) is 51.6. The van der Waals surface area contributed by atoms with Gasteiger partial charge in [-0.15, -0.1) is 0 Å². The minimum Gasteiger partial charge on any atom is -0.477 e. The standard InChI is InChI=1S/C64H109NO8/c1-6-8-10-12-14-16-18-20-22-24-26-28-29-30-31-32-33-35-37-39-41-43-45-47-49-51-53-55-62(67)73-60(59-72-64(63(68)69)70-57-56-65(3,4)5)58-71-61(66)54-52-50-48-46-44-42-40-38-36-34-27-25-23-21-19-17-15-13-11-9-7-2/h8,10,14,16,20,22,25-28,30-31,33,35,39,41,60,64H,6-7,9,11-13,15,17-19,21,23-24,29,32,34,36-38,40,42-59H2,1-5H3/p+1/b10-8-,16-14-,22-20-,27-25-,28-26-,31-30-,35-33-,41-39-. The van der Waals surface area contributed by atoms with Crippen LogP contribution in [-0.2, 0) is 33.3 Å². The van der Waals surface area contributed by atoms with Gasteiger partial charge in [-0.05, 0) is 96.3 Å². The van der Waals surface area contributed by atoms with Crippen LogP contribution in [0, 0.1) is 0 Å². The number of hydrogen-bond donors (Lipinski definition) is 1. The maximum Gasteiger partial charge on any atom is 0.361 e. The Morgan fingerprint density at radius 1 is 0.425 bits per heavy atom. The average Bonchev–Trinajstić information content (AvgIpc) is 3.36.